The predicted octanol–water partition coefficient (Wildman–Crippen LogP) is 4.73. The van der Waals surface area contributed by atoms with Crippen molar-refractivity contribution in [2.24, 2.45) is 0 Å². The van der Waals surface area contributed by atoms with E-state index in [0.717, 1.165) is 12.1 Å². The maximum absolute atomic E-state index is 12.8. The minimum atomic E-state index is -4.45. The number of carbonyl (C=O) groups is 1. The summed E-state index contributed by atoms with van der Waals surface area (Å²) in [5, 5.41) is 4.02. The van der Waals surface area contributed by atoms with Gasteiger partial charge in [-0.25, -0.2) is 0 Å². The highest BCUT2D eigenvalue weighted by Crippen LogP contribution is 2.32. The highest BCUT2D eigenvalue weighted by molar-refractivity contribution is 5.95. The Morgan fingerprint density at radius 1 is 1.08 bits per heavy atom. The number of halogens is 3. The second kappa shape index (κ2) is 7.03. The lowest BCUT2D eigenvalue weighted by atomic mass is 10.2. The quantitative estimate of drug-likeness (QED) is 0.676. The van der Waals surface area contributed by atoms with Crippen LogP contribution in [-0.4, -0.2) is 15.7 Å². The van der Waals surface area contributed by atoms with Crippen molar-refractivity contribution in [2.75, 3.05) is 0 Å². The molecular formula is C19H15F3N2O2. The summed E-state index contributed by atoms with van der Waals surface area (Å²) in [6.07, 6.45) is -3.68. The van der Waals surface area contributed by atoms with E-state index in [1.165, 1.54) is 23.0 Å². The van der Waals surface area contributed by atoms with E-state index < -0.39 is 17.8 Å². The summed E-state index contributed by atoms with van der Waals surface area (Å²) in [5.74, 6) is -0.280. The Morgan fingerprint density at radius 3 is 2.50 bits per heavy atom. The van der Waals surface area contributed by atoms with Crippen LogP contribution in [0.25, 0.3) is 0 Å². The molecule has 0 aliphatic heterocycles. The fraction of sp³-hybridized carbons (Fsp3) is 0.158. The van der Waals surface area contributed by atoms with Gasteiger partial charge in [0.15, 0.2) is 0 Å². The number of carbonyl (C=O) groups excluding carboxylic acids is 1. The van der Waals surface area contributed by atoms with Crippen molar-refractivity contribution in [1.29, 1.82) is 0 Å². The Hall–Kier alpha value is -3.09. The second-order valence-corrected chi connectivity index (χ2v) is 5.62. The lowest BCUT2D eigenvalue weighted by Crippen LogP contribution is -2.19. The summed E-state index contributed by atoms with van der Waals surface area (Å²) >= 11 is 0. The molecule has 3 rings (SSSR count). The Balaban J connectivity index is 1.83. The van der Waals surface area contributed by atoms with E-state index >= 15 is 0 Å². The molecule has 0 N–H and O–H groups in total. The lowest BCUT2D eigenvalue weighted by molar-refractivity contribution is -0.137. The molecule has 7 heteroatoms. The number of rotatable bonds is 4. The van der Waals surface area contributed by atoms with Crippen LogP contribution in [0.3, 0.4) is 0 Å². The van der Waals surface area contributed by atoms with Crippen molar-refractivity contribution in [2.45, 2.75) is 19.2 Å². The van der Waals surface area contributed by atoms with Gasteiger partial charge < -0.3 is 4.74 Å². The highest BCUT2D eigenvalue weighted by atomic mass is 19.4. The topological polar surface area (TPSA) is 44.1 Å². The number of nitrogens with zero attached hydrogens (tertiary/aromatic N) is 2. The molecule has 1 aromatic heterocycles. The van der Waals surface area contributed by atoms with Crippen LogP contribution in [-0.2, 0) is 6.18 Å². The summed E-state index contributed by atoms with van der Waals surface area (Å²) in [7, 11) is 0. The Morgan fingerprint density at radius 2 is 1.81 bits per heavy atom. The van der Waals surface area contributed by atoms with E-state index in [-0.39, 0.29) is 11.7 Å². The largest absolute Gasteiger partial charge is 0.484 e. The summed E-state index contributed by atoms with van der Waals surface area (Å²) in [5.41, 5.74) is 0.0936. The van der Waals surface area contributed by atoms with Crippen molar-refractivity contribution in [3.8, 4) is 5.75 Å². The Kier molecular flexibility index (Phi) is 4.79. The molecule has 0 saturated heterocycles. The van der Waals surface area contributed by atoms with Gasteiger partial charge >= 0.3 is 6.18 Å². The van der Waals surface area contributed by atoms with Gasteiger partial charge in [-0.05, 0) is 43.3 Å². The van der Waals surface area contributed by atoms with E-state index in [9.17, 15) is 18.0 Å². The average Bonchev–Trinajstić information content (AvgIpc) is 3.11. The summed E-state index contributed by atoms with van der Waals surface area (Å²) < 4.78 is 45.3. The smallest absolute Gasteiger partial charge is 0.416 e. The monoisotopic (exact) mass is 360 g/mol. The molecule has 0 fully saturated rings. The molecule has 26 heavy (non-hydrogen) atoms. The van der Waals surface area contributed by atoms with Gasteiger partial charge in [0.25, 0.3) is 5.91 Å². The molecule has 0 spiro atoms. The molecular weight excluding hydrogens is 345 g/mol. The third-order valence-corrected chi connectivity index (χ3v) is 3.78. The Labute approximate surface area is 147 Å². The molecule has 0 aliphatic carbocycles. The molecule has 3 aromatic rings. The fourth-order valence-electron chi connectivity index (χ4n) is 2.50. The summed E-state index contributed by atoms with van der Waals surface area (Å²) in [4.78, 5) is 12.6. The Bertz CT molecular complexity index is 904. The average molecular weight is 360 g/mol. The fourth-order valence-corrected chi connectivity index (χ4v) is 2.50. The van der Waals surface area contributed by atoms with Crippen LogP contribution in [0.4, 0.5) is 13.2 Å². The van der Waals surface area contributed by atoms with Crippen LogP contribution < -0.4 is 4.74 Å². The van der Waals surface area contributed by atoms with Gasteiger partial charge in [0.1, 0.15) is 11.9 Å². The number of hydrogen-bond donors (Lipinski definition) is 0. The normalized spacial score (nSPS) is 12.6. The predicted molar refractivity (Wildman–Crippen MR) is 88.9 cm³/mol. The molecule has 134 valence electrons. The van der Waals surface area contributed by atoms with Crippen molar-refractivity contribution < 1.29 is 22.7 Å². The maximum atomic E-state index is 12.8. The molecule has 1 heterocycles. The zero-order valence-electron chi connectivity index (χ0n) is 13.8. The molecule has 1 unspecified atom stereocenters. The van der Waals surface area contributed by atoms with Gasteiger partial charge in [0, 0.05) is 11.8 Å². The first-order chi connectivity index (χ1) is 12.4. The van der Waals surface area contributed by atoms with Crippen molar-refractivity contribution in [3.05, 3.63) is 83.7 Å². The van der Waals surface area contributed by atoms with E-state index in [2.05, 4.69) is 5.10 Å². The highest BCUT2D eigenvalue weighted by Gasteiger charge is 2.31. The molecule has 0 aliphatic rings. The van der Waals surface area contributed by atoms with Crippen molar-refractivity contribution in [1.82, 2.24) is 9.78 Å². The lowest BCUT2D eigenvalue weighted by Gasteiger charge is -2.17. The number of hydrogen-bond acceptors (Lipinski definition) is 3. The van der Waals surface area contributed by atoms with Crippen molar-refractivity contribution in [3.63, 3.8) is 0 Å². The first kappa shape index (κ1) is 17.7. The molecule has 0 bridgehead atoms. The number of ether oxygens (including phenoxy) is 1. The van der Waals surface area contributed by atoms with Gasteiger partial charge in [-0.1, -0.05) is 24.3 Å². The molecule has 4 nitrogen and oxygen atoms in total. The first-order valence-electron chi connectivity index (χ1n) is 7.84. The SMILES string of the molecule is CC(Oc1cccc(C(F)(F)F)c1)c1ccnn1C(=O)c1ccccc1. The summed E-state index contributed by atoms with van der Waals surface area (Å²) in [6.45, 7) is 1.64. The maximum Gasteiger partial charge on any atom is 0.416 e. The van der Waals surface area contributed by atoms with Gasteiger partial charge in [-0.2, -0.15) is 23.0 Å². The molecule has 0 amide bonds. The van der Waals surface area contributed by atoms with Gasteiger partial charge in [0.2, 0.25) is 0 Å². The number of alkyl halides is 3. The third kappa shape index (κ3) is 3.77. The van der Waals surface area contributed by atoms with Gasteiger partial charge in [-0.3, -0.25) is 4.79 Å². The molecule has 0 radical (unpaired) electrons. The first-order valence-corrected chi connectivity index (χ1v) is 7.84. The van der Waals surface area contributed by atoms with Crippen LogP contribution in [0, 0.1) is 0 Å². The van der Waals surface area contributed by atoms with E-state index in [1.54, 1.807) is 43.3 Å². The van der Waals surface area contributed by atoms with E-state index in [1.807, 2.05) is 0 Å². The number of benzene rings is 2. The van der Waals surface area contributed by atoms with E-state index in [4.69, 9.17) is 4.74 Å². The van der Waals surface area contributed by atoms with Crippen LogP contribution in [0.2, 0.25) is 0 Å². The zero-order chi connectivity index (χ0) is 18.7. The van der Waals surface area contributed by atoms with Crippen LogP contribution in [0.5, 0.6) is 5.75 Å². The molecule has 2 aromatic carbocycles. The second-order valence-electron chi connectivity index (χ2n) is 5.62. The summed E-state index contributed by atoms with van der Waals surface area (Å²) in [6, 6.07) is 14.8. The molecule has 0 saturated carbocycles. The van der Waals surface area contributed by atoms with Crippen LogP contribution in [0.15, 0.2) is 66.9 Å². The minimum absolute atomic E-state index is 0.0623. The van der Waals surface area contributed by atoms with Crippen molar-refractivity contribution >= 4 is 5.91 Å². The van der Waals surface area contributed by atoms with Crippen LogP contribution >= 0.6 is 0 Å². The number of aromatic nitrogens is 2. The van der Waals surface area contributed by atoms with Gasteiger partial charge in [0.05, 0.1) is 11.3 Å². The minimum Gasteiger partial charge on any atom is -0.484 e. The zero-order valence-corrected chi connectivity index (χ0v) is 13.8. The van der Waals surface area contributed by atoms with Gasteiger partial charge in [-0.15, -0.1) is 0 Å². The third-order valence-electron chi connectivity index (χ3n) is 3.78. The van der Waals surface area contributed by atoms with E-state index in [0.29, 0.717) is 11.3 Å². The van der Waals surface area contributed by atoms with Crippen LogP contribution in [0.1, 0.15) is 34.6 Å². The standard InChI is InChI=1S/C19H15F3N2O2/c1-13(26-16-9-5-8-15(12-16)19(20,21)22)17-10-11-23-24(17)18(25)14-6-3-2-4-7-14/h2-13H,1H3. The molecule has 1 atom stereocenters.